The molecule has 2 N–H and O–H groups in total. The van der Waals surface area contributed by atoms with Gasteiger partial charge in [0.05, 0.1) is 12.2 Å². The molecule has 4 aliphatic carbocycles. The number of aliphatic hydroxyl groups is 1. The Kier molecular flexibility index (Phi) is 5.08. The van der Waals surface area contributed by atoms with E-state index in [2.05, 4.69) is 5.32 Å². The molecule has 0 radical (unpaired) electrons. The van der Waals surface area contributed by atoms with Crippen LogP contribution in [0.1, 0.15) is 74.6 Å². The van der Waals surface area contributed by atoms with Crippen molar-refractivity contribution in [1.29, 1.82) is 0 Å². The summed E-state index contributed by atoms with van der Waals surface area (Å²) in [7, 11) is 0. The maximum atomic E-state index is 12.9. The summed E-state index contributed by atoms with van der Waals surface area (Å²) in [5.74, 6) is 4.05. The molecule has 4 nitrogen and oxygen atoms in total. The van der Waals surface area contributed by atoms with Crippen molar-refractivity contribution < 1.29 is 14.6 Å². The predicted octanol–water partition coefficient (Wildman–Crippen LogP) is 4.31. The summed E-state index contributed by atoms with van der Waals surface area (Å²) >= 11 is 0. The molecule has 5 atom stereocenters. The van der Waals surface area contributed by atoms with Gasteiger partial charge < -0.3 is 15.2 Å². The Morgan fingerprint density at radius 2 is 1.68 bits per heavy atom. The van der Waals surface area contributed by atoms with E-state index in [4.69, 9.17) is 4.74 Å². The standard InChI is InChI=1S/C24H33NO3/c26-19-6-10-21(11-7-19)28-20-8-4-16(5-9-20)24(27)25-23-18-13-15-2-1-3-22(23)17(12-15)14-18/h4-5,8-9,15,17-19,21-23,26H,1-3,6-7,10-14H2,(H,25,27). The first-order chi connectivity index (χ1) is 13.7. The van der Waals surface area contributed by atoms with Crippen LogP contribution in [-0.2, 0) is 0 Å². The molecular weight excluding hydrogens is 350 g/mol. The SMILES string of the molecule is O=C(NC1C2CC3CCCC1C(C3)C2)c1ccc(OC2CCC(O)CC2)cc1. The lowest BCUT2D eigenvalue weighted by Crippen LogP contribution is -2.42. The number of benzene rings is 1. The molecule has 0 spiro atoms. The fraction of sp³-hybridized carbons (Fsp3) is 0.708. The van der Waals surface area contributed by atoms with Gasteiger partial charge in [-0.25, -0.2) is 0 Å². The number of nitrogens with one attached hydrogen (secondary N) is 1. The van der Waals surface area contributed by atoms with Crippen LogP contribution >= 0.6 is 0 Å². The third-order valence-electron chi connectivity index (χ3n) is 7.96. The molecule has 152 valence electrons. The van der Waals surface area contributed by atoms with Crippen LogP contribution in [0.4, 0.5) is 0 Å². The highest BCUT2D eigenvalue weighted by molar-refractivity contribution is 5.94. The molecule has 5 rings (SSSR count). The van der Waals surface area contributed by atoms with Gasteiger partial charge in [0, 0.05) is 11.6 Å². The fourth-order valence-electron chi connectivity index (χ4n) is 6.61. The van der Waals surface area contributed by atoms with Crippen molar-refractivity contribution in [3.63, 3.8) is 0 Å². The van der Waals surface area contributed by atoms with E-state index < -0.39 is 0 Å². The van der Waals surface area contributed by atoms with Crippen molar-refractivity contribution in [3.8, 4) is 5.75 Å². The zero-order chi connectivity index (χ0) is 19.1. The summed E-state index contributed by atoms with van der Waals surface area (Å²) in [6, 6.07) is 8.01. The van der Waals surface area contributed by atoms with Crippen molar-refractivity contribution in [1.82, 2.24) is 5.32 Å². The molecule has 1 aromatic rings. The van der Waals surface area contributed by atoms with Crippen LogP contribution in [-0.4, -0.2) is 29.3 Å². The molecule has 4 heteroatoms. The van der Waals surface area contributed by atoms with Gasteiger partial charge in [0.15, 0.2) is 0 Å². The van der Waals surface area contributed by atoms with Gasteiger partial charge >= 0.3 is 0 Å². The van der Waals surface area contributed by atoms with E-state index >= 15 is 0 Å². The van der Waals surface area contributed by atoms with Gasteiger partial charge in [0.2, 0.25) is 0 Å². The highest BCUT2D eigenvalue weighted by atomic mass is 16.5. The second kappa shape index (κ2) is 7.70. The molecular formula is C24H33NO3. The predicted molar refractivity (Wildman–Crippen MR) is 108 cm³/mol. The van der Waals surface area contributed by atoms with E-state index in [1.807, 2.05) is 24.3 Å². The molecule has 4 aliphatic rings. The van der Waals surface area contributed by atoms with Crippen LogP contribution in [0.25, 0.3) is 0 Å². The Hall–Kier alpha value is -1.55. The number of ether oxygens (including phenoxy) is 1. The Labute approximate surface area is 168 Å². The minimum absolute atomic E-state index is 0.0759. The van der Waals surface area contributed by atoms with Crippen molar-refractivity contribution >= 4 is 5.91 Å². The summed E-state index contributed by atoms with van der Waals surface area (Å²) in [4.78, 5) is 12.9. The topological polar surface area (TPSA) is 58.6 Å². The Bertz CT molecular complexity index is 694. The summed E-state index contributed by atoms with van der Waals surface area (Å²) in [6.45, 7) is 0. The van der Waals surface area contributed by atoms with Gasteiger partial charge in [-0.3, -0.25) is 4.79 Å². The lowest BCUT2D eigenvalue weighted by atomic mass is 9.79. The average Bonchev–Trinajstić information content (AvgIpc) is 2.83. The highest BCUT2D eigenvalue weighted by Gasteiger charge is 2.49. The zero-order valence-electron chi connectivity index (χ0n) is 16.7. The molecule has 28 heavy (non-hydrogen) atoms. The minimum Gasteiger partial charge on any atom is -0.490 e. The third kappa shape index (κ3) is 3.68. The number of rotatable bonds is 4. The van der Waals surface area contributed by atoms with E-state index in [0.717, 1.165) is 48.8 Å². The Morgan fingerprint density at radius 3 is 2.46 bits per heavy atom. The minimum atomic E-state index is -0.166. The summed E-state index contributed by atoms with van der Waals surface area (Å²) in [6.07, 6.45) is 11.5. The fourth-order valence-corrected chi connectivity index (χ4v) is 6.61. The number of aliphatic hydroxyl groups excluding tert-OH is 1. The van der Waals surface area contributed by atoms with E-state index in [1.165, 1.54) is 38.5 Å². The molecule has 0 aliphatic heterocycles. The van der Waals surface area contributed by atoms with Gasteiger partial charge in [0.1, 0.15) is 5.75 Å². The maximum absolute atomic E-state index is 12.9. The van der Waals surface area contributed by atoms with Crippen LogP contribution in [0.2, 0.25) is 0 Å². The average molecular weight is 384 g/mol. The van der Waals surface area contributed by atoms with E-state index in [0.29, 0.717) is 17.9 Å². The molecule has 5 unspecified atom stereocenters. The third-order valence-corrected chi connectivity index (χ3v) is 7.96. The molecule has 1 amide bonds. The number of carbonyl (C=O) groups excluding carboxylic acids is 1. The van der Waals surface area contributed by atoms with E-state index in [9.17, 15) is 9.90 Å². The first-order valence-electron chi connectivity index (χ1n) is 11.4. The van der Waals surface area contributed by atoms with Crippen LogP contribution in [0.3, 0.4) is 0 Å². The summed E-state index contributed by atoms with van der Waals surface area (Å²) in [5.41, 5.74) is 0.736. The number of carbonyl (C=O) groups is 1. The van der Waals surface area contributed by atoms with Gasteiger partial charge in [0.25, 0.3) is 5.91 Å². The van der Waals surface area contributed by atoms with Gasteiger partial charge in [-0.2, -0.15) is 0 Å². The zero-order valence-corrected chi connectivity index (χ0v) is 16.7. The molecule has 0 aromatic heterocycles. The van der Waals surface area contributed by atoms with Gasteiger partial charge in [-0.05, 0) is 99.3 Å². The number of hydrogen-bond donors (Lipinski definition) is 2. The van der Waals surface area contributed by atoms with E-state index in [1.54, 1.807) is 0 Å². The van der Waals surface area contributed by atoms with Crippen LogP contribution < -0.4 is 10.1 Å². The second-order valence-electron chi connectivity index (χ2n) is 9.76. The monoisotopic (exact) mass is 383 g/mol. The maximum Gasteiger partial charge on any atom is 0.251 e. The van der Waals surface area contributed by atoms with Crippen molar-refractivity contribution in [2.45, 2.75) is 82.5 Å². The smallest absolute Gasteiger partial charge is 0.251 e. The lowest BCUT2D eigenvalue weighted by molar-refractivity contribution is 0.0665. The van der Waals surface area contributed by atoms with Gasteiger partial charge in [-0.1, -0.05) is 12.8 Å². The van der Waals surface area contributed by atoms with Crippen molar-refractivity contribution in [2.24, 2.45) is 23.7 Å². The molecule has 3 bridgehead atoms. The van der Waals surface area contributed by atoms with Crippen LogP contribution in [0.5, 0.6) is 5.75 Å². The molecule has 0 heterocycles. The summed E-state index contributed by atoms with van der Waals surface area (Å²) < 4.78 is 6.04. The van der Waals surface area contributed by atoms with Crippen molar-refractivity contribution in [3.05, 3.63) is 29.8 Å². The number of hydrogen-bond acceptors (Lipinski definition) is 3. The Balaban J connectivity index is 1.20. The van der Waals surface area contributed by atoms with Crippen molar-refractivity contribution in [2.75, 3.05) is 0 Å². The molecule has 4 saturated carbocycles. The lowest BCUT2D eigenvalue weighted by Gasteiger charge is -2.30. The largest absolute Gasteiger partial charge is 0.490 e. The highest BCUT2D eigenvalue weighted by Crippen LogP contribution is 2.53. The Morgan fingerprint density at radius 1 is 0.929 bits per heavy atom. The second-order valence-corrected chi connectivity index (χ2v) is 9.76. The molecule has 1 aromatic carbocycles. The number of fused-ring (bicyclic) bond motifs is 2. The molecule has 4 fully saturated rings. The first kappa shape index (κ1) is 18.5. The quantitative estimate of drug-likeness (QED) is 0.814. The number of amides is 1. The van der Waals surface area contributed by atoms with Crippen LogP contribution in [0.15, 0.2) is 24.3 Å². The van der Waals surface area contributed by atoms with E-state index in [-0.39, 0.29) is 18.1 Å². The molecule has 0 saturated heterocycles. The summed E-state index contributed by atoms with van der Waals surface area (Å²) in [5, 5.41) is 13.0. The normalized spacial score (nSPS) is 39.4. The van der Waals surface area contributed by atoms with Crippen LogP contribution in [0, 0.1) is 23.7 Å². The first-order valence-corrected chi connectivity index (χ1v) is 11.4. The van der Waals surface area contributed by atoms with Gasteiger partial charge in [-0.15, -0.1) is 0 Å².